The number of aryl methyl sites for hydroxylation is 1. The van der Waals surface area contributed by atoms with Gasteiger partial charge in [-0.3, -0.25) is 4.98 Å². The van der Waals surface area contributed by atoms with E-state index in [1.165, 1.54) is 5.56 Å². The van der Waals surface area contributed by atoms with Crippen LogP contribution in [0.25, 0.3) is 11.3 Å². The largest absolute Gasteiger partial charge is 0.496 e. The molecular weight excluding hydrogens is 238 g/mol. The molecule has 0 aliphatic rings. The van der Waals surface area contributed by atoms with Crippen LogP contribution in [0, 0.1) is 13.8 Å². The van der Waals surface area contributed by atoms with Gasteiger partial charge in [0.05, 0.1) is 7.11 Å². The highest BCUT2D eigenvalue weighted by Crippen LogP contribution is 2.35. The van der Waals surface area contributed by atoms with E-state index < -0.39 is 0 Å². The predicted octanol–water partition coefficient (Wildman–Crippen LogP) is 3.20. The van der Waals surface area contributed by atoms with Crippen LogP contribution in [0.1, 0.15) is 18.1 Å². The lowest BCUT2D eigenvalue weighted by Gasteiger charge is -2.15. The summed E-state index contributed by atoms with van der Waals surface area (Å²) in [5.74, 6) is 1.64. The van der Waals surface area contributed by atoms with Gasteiger partial charge in [-0.1, -0.05) is 6.07 Å². The SMILES string of the molecule is CCNc1nccnc1-c1ccc(C)c(C)c1OC. The van der Waals surface area contributed by atoms with E-state index in [1.807, 2.05) is 13.0 Å². The van der Waals surface area contributed by atoms with E-state index in [-0.39, 0.29) is 0 Å². The molecule has 0 radical (unpaired) electrons. The van der Waals surface area contributed by atoms with Crippen LogP contribution in [0.2, 0.25) is 0 Å². The molecule has 0 unspecified atom stereocenters. The first kappa shape index (κ1) is 13.3. The summed E-state index contributed by atoms with van der Waals surface area (Å²) < 4.78 is 5.55. The average molecular weight is 257 g/mol. The van der Waals surface area contributed by atoms with E-state index in [2.05, 4.69) is 35.2 Å². The molecule has 2 aromatic rings. The zero-order valence-electron chi connectivity index (χ0n) is 11.8. The molecule has 1 N–H and O–H groups in total. The van der Waals surface area contributed by atoms with E-state index in [9.17, 15) is 0 Å². The summed E-state index contributed by atoms with van der Waals surface area (Å²) in [6.45, 7) is 6.97. The number of nitrogens with zero attached hydrogens (tertiary/aromatic N) is 2. The van der Waals surface area contributed by atoms with Gasteiger partial charge in [-0.2, -0.15) is 0 Å². The molecule has 0 aliphatic carbocycles. The Morgan fingerprint density at radius 3 is 2.58 bits per heavy atom. The van der Waals surface area contributed by atoms with Gasteiger partial charge >= 0.3 is 0 Å². The normalized spacial score (nSPS) is 10.3. The summed E-state index contributed by atoms with van der Waals surface area (Å²) in [5, 5.41) is 3.23. The highest BCUT2D eigenvalue weighted by atomic mass is 16.5. The van der Waals surface area contributed by atoms with Crippen molar-refractivity contribution in [2.24, 2.45) is 0 Å². The van der Waals surface area contributed by atoms with Crippen LogP contribution < -0.4 is 10.1 Å². The average Bonchev–Trinajstić information content (AvgIpc) is 2.43. The van der Waals surface area contributed by atoms with E-state index >= 15 is 0 Å². The Morgan fingerprint density at radius 2 is 1.89 bits per heavy atom. The van der Waals surface area contributed by atoms with Gasteiger partial charge in [0.1, 0.15) is 11.4 Å². The van der Waals surface area contributed by atoms with Gasteiger partial charge in [0, 0.05) is 24.5 Å². The van der Waals surface area contributed by atoms with Crippen molar-refractivity contribution in [3.05, 3.63) is 35.7 Å². The second-order valence-electron chi connectivity index (χ2n) is 4.37. The van der Waals surface area contributed by atoms with Crippen molar-refractivity contribution < 1.29 is 4.74 Å². The predicted molar refractivity (Wildman–Crippen MR) is 77.7 cm³/mol. The van der Waals surface area contributed by atoms with E-state index in [0.29, 0.717) is 0 Å². The third-order valence-electron chi connectivity index (χ3n) is 3.18. The van der Waals surface area contributed by atoms with Crippen LogP contribution in [-0.2, 0) is 0 Å². The van der Waals surface area contributed by atoms with E-state index in [0.717, 1.165) is 34.9 Å². The third-order valence-corrected chi connectivity index (χ3v) is 3.18. The Bertz CT molecular complexity index is 582. The molecule has 4 heteroatoms. The first-order valence-electron chi connectivity index (χ1n) is 6.38. The fraction of sp³-hybridized carbons (Fsp3) is 0.333. The number of anilines is 1. The lowest BCUT2D eigenvalue weighted by Crippen LogP contribution is -2.04. The summed E-state index contributed by atoms with van der Waals surface area (Å²) in [6, 6.07) is 4.11. The monoisotopic (exact) mass is 257 g/mol. The van der Waals surface area contributed by atoms with Gasteiger partial charge in [-0.25, -0.2) is 4.98 Å². The van der Waals surface area contributed by atoms with Crippen LogP contribution in [0.3, 0.4) is 0 Å². The molecule has 0 atom stereocenters. The summed E-state index contributed by atoms with van der Waals surface area (Å²) in [6.07, 6.45) is 3.39. The van der Waals surface area contributed by atoms with Crippen molar-refractivity contribution >= 4 is 5.82 Å². The maximum Gasteiger partial charge on any atom is 0.152 e. The molecule has 1 aromatic carbocycles. The van der Waals surface area contributed by atoms with Crippen molar-refractivity contribution in [3.63, 3.8) is 0 Å². The number of ether oxygens (including phenoxy) is 1. The van der Waals surface area contributed by atoms with Crippen molar-refractivity contribution in [2.45, 2.75) is 20.8 Å². The van der Waals surface area contributed by atoms with Gasteiger partial charge in [-0.15, -0.1) is 0 Å². The zero-order valence-corrected chi connectivity index (χ0v) is 11.8. The minimum Gasteiger partial charge on any atom is -0.496 e. The molecule has 0 saturated heterocycles. The van der Waals surface area contributed by atoms with Crippen LogP contribution >= 0.6 is 0 Å². The molecule has 0 amide bonds. The first-order chi connectivity index (χ1) is 9.19. The molecule has 4 nitrogen and oxygen atoms in total. The van der Waals surface area contributed by atoms with Crippen molar-refractivity contribution in [2.75, 3.05) is 19.0 Å². The summed E-state index contributed by atoms with van der Waals surface area (Å²) in [5.41, 5.74) is 4.13. The molecule has 0 fully saturated rings. The molecule has 2 rings (SSSR count). The smallest absolute Gasteiger partial charge is 0.152 e. The zero-order chi connectivity index (χ0) is 13.8. The number of hydrogen-bond donors (Lipinski definition) is 1. The number of benzene rings is 1. The molecule has 0 bridgehead atoms. The molecule has 0 spiro atoms. The van der Waals surface area contributed by atoms with E-state index in [4.69, 9.17) is 4.74 Å². The molecule has 1 aromatic heterocycles. The fourth-order valence-electron chi connectivity index (χ4n) is 2.07. The standard InChI is InChI=1S/C15H19N3O/c1-5-16-15-13(17-8-9-18-15)12-7-6-10(2)11(3)14(12)19-4/h6-9H,5H2,1-4H3,(H,16,18). The molecule has 0 aliphatic heterocycles. The van der Waals surface area contributed by atoms with Crippen LogP contribution in [0.5, 0.6) is 5.75 Å². The Labute approximate surface area is 113 Å². The topological polar surface area (TPSA) is 47.0 Å². The second-order valence-corrected chi connectivity index (χ2v) is 4.37. The second kappa shape index (κ2) is 5.69. The quantitative estimate of drug-likeness (QED) is 0.913. The number of rotatable bonds is 4. The van der Waals surface area contributed by atoms with Crippen molar-refractivity contribution in [3.8, 4) is 17.0 Å². The minimum absolute atomic E-state index is 0.784. The van der Waals surface area contributed by atoms with Crippen LogP contribution in [0.4, 0.5) is 5.82 Å². The Morgan fingerprint density at radius 1 is 1.16 bits per heavy atom. The summed E-state index contributed by atoms with van der Waals surface area (Å²) in [7, 11) is 1.69. The molecule has 19 heavy (non-hydrogen) atoms. The summed E-state index contributed by atoms with van der Waals surface area (Å²) >= 11 is 0. The number of nitrogens with one attached hydrogen (secondary N) is 1. The maximum atomic E-state index is 5.55. The van der Waals surface area contributed by atoms with Crippen LogP contribution in [0.15, 0.2) is 24.5 Å². The summed E-state index contributed by atoms with van der Waals surface area (Å²) in [4.78, 5) is 8.79. The molecule has 100 valence electrons. The number of aromatic nitrogens is 2. The lowest BCUT2D eigenvalue weighted by atomic mass is 10.0. The number of methoxy groups -OCH3 is 1. The van der Waals surface area contributed by atoms with Gasteiger partial charge in [0.25, 0.3) is 0 Å². The lowest BCUT2D eigenvalue weighted by molar-refractivity contribution is 0.413. The maximum absolute atomic E-state index is 5.55. The fourth-order valence-corrected chi connectivity index (χ4v) is 2.07. The Kier molecular flexibility index (Phi) is 4.00. The highest BCUT2D eigenvalue weighted by Gasteiger charge is 2.15. The highest BCUT2D eigenvalue weighted by molar-refractivity contribution is 5.77. The van der Waals surface area contributed by atoms with Crippen molar-refractivity contribution in [1.82, 2.24) is 9.97 Å². The van der Waals surface area contributed by atoms with Gasteiger partial charge in [0.15, 0.2) is 5.82 Å². The van der Waals surface area contributed by atoms with Crippen LogP contribution in [-0.4, -0.2) is 23.6 Å². The molecular formula is C15H19N3O. The third kappa shape index (κ3) is 2.52. The Balaban J connectivity index is 2.62. The van der Waals surface area contributed by atoms with Gasteiger partial charge in [0.2, 0.25) is 0 Å². The minimum atomic E-state index is 0.784. The van der Waals surface area contributed by atoms with Gasteiger partial charge in [-0.05, 0) is 38.0 Å². The molecule has 1 heterocycles. The van der Waals surface area contributed by atoms with Crippen molar-refractivity contribution in [1.29, 1.82) is 0 Å². The number of hydrogen-bond acceptors (Lipinski definition) is 4. The van der Waals surface area contributed by atoms with E-state index in [1.54, 1.807) is 19.5 Å². The van der Waals surface area contributed by atoms with Gasteiger partial charge < -0.3 is 10.1 Å². The first-order valence-corrected chi connectivity index (χ1v) is 6.38. The Hall–Kier alpha value is -2.10. The molecule has 0 saturated carbocycles.